The zero-order valence-corrected chi connectivity index (χ0v) is 11.6. The van der Waals surface area contributed by atoms with Crippen LogP contribution in [0.2, 0.25) is 0 Å². The second-order valence-electron chi connectivity index (χ2n) is 4.47. The van der Waals surface area contributed by atoms with Gasteiger partial charge in [-0.1, -0.05) is 15.9 Å². The van der Waals surface area contributed by atoms with Crippen molar-refractivity contribution >= 4 is 32.2 Å². The molecule has 6 heteroatoms. The highest BCUT2D eigenvalue weighted by molar-refractivity contribution is 9.10. The number of hydrogen-bond donors (Lipinski definition) is 1. The minimum atomic E-state index is -3.53. The number of carbonyl (C=O) groups excluding carboxylic acids is 1. The van der Waals surface area contributed by atoms with E-state index in [0.29, 0.717) is 16.3 Å². The summed E-state index contributed by atoms with van der Waals surface area (Å²) in [5, 5.41) is 0. The summed E-state index contributed by atoms with van der Waals surface area (Å²) in [4.78, 5) is 10.9. The van der Waals surface area contributed by atoms with Crippen LogP contribution in [0.3, 0.4) is 0 Å². The molecule has 0 spiro atoms. The van der Waals surface area contributed by atoms with E-state index in [1.54, 1.807) is 6.07 Å². The average molecular weight is 318 g/mol. The van der Waals surface area contributed by atoms with E-state index in [-0.39, 0.29) is 10.4 Å². The molecule has 0 bridgehead atoms. The Morgan fingerprint density at radius 2 is 2.06 bits per heavy atom. The lowest BCUT2D eigenvalue weighted by Crippen LogP contribution is -2.34. The topological polar surface area (TPSA) is 63.2 Å². The maximum atomic E-state index is 12.0. The van der Waals surface area contributed by atoms with Crippen LogP contribution in [0.15, 0.2) is 27.6 Å². The maximum absolute atomic E-state index is 12.0. The fraction of sp³-hybridized carbons (Fsp3) is 0.364. The molecule has 1 aromatic carbocycles. The largest absolute Gasteiger partial charge is 0.298 e. The molecule has 17 heavy (non-hydrogen) atoms. The van der Waals surface area contributed by atoms with Gasteiger partial charge in [-0.2, -0.15) is 0 Å². The van der Waals surface area contributed by atoms with Crippen molar-refractivity contribution in [3.05, 3.63) is 28.2 Å². The smallest absolute Gasteiger partial charge is 0.241 e. The van der Waals surface area contributed by atoms with Crippen molar-refractivity contribution in [2.45, 2.75) is 30.2 Å². The summed E-state index contributed by atoms with van der Waals surface area (Å²) >= 11 is 3.18. The molecule has 2 rings (SSSR count). The molecule has 1 N–H and O–H groups in total. The quantitative estimate of drug-likeness (QED) is 0.865. The SMILES string of the molecule is CC1(NS(=O)(=O)c2ccc(Br)c(C=O)c2)CC1. The lowest BCUT2D eigenvalue weighted by Gasteiger charge is -2.12. The predicted octanol–water partition coefficient (Wildman–Crippen LogP) is 2.09. The van der Waals surface area contributed by atoms with Crippen LogP contribution in [0.4, 0.5) is 0 Å². The van der Waals surface area contributed by atoms with E-state index in [1.165, 1.54) is 12.1 Å². The number of aldehydes is 1. The van der Waals surface area contributed by atoms with Crippen LogP contribution in [0.1, 0.15) is 30.1 Å². The molecule has 1 aliphatic carbocycles. The van der Waals surface area contributed by atoms with E-state index < -0.39 is 10.0 Å². The molecule has 0 radical (unpaired) electrons. The molecule has 0 saturated heterocycles. The third kappa shape index (κ3) is 2.75. The van der Waals surface area contributed by atoms with Crippen molar-refractivity contribution in [2.75, 3.05) is 0 Å². The highest BCUT2D eigenvalue weighted by atomic mass is 79.9. The lowest BCUT2D eigenvalue weighted by atomic mass is 10.2. The molecule has 1 saturated carbocycles. The summed E-state index contributed by atoms with van der Waals surface area (Å²) < 4.78 is 27.3. The van der Waals surface area contributed by atoms with Gasteiger partial charge in [0, 0.05) is 15.6 Å². The van der Waals surface area contributed by atoms with Gasteiger partial charge in [-0.15, -0.1) is 0 Å². The van der Waals surface area contributed by atoms with Crippen molar-refractivity contribution in [1.82, 2.24) is 4.72 Å². The molecule has 0 heterocycles. The number of halogens is 1. The molecule has 1 aromatic rings. The van der Waals surface area contributed by atoms with Crippen molar-refractivity contribution in [3.63, 3.8) is 0 Å². The second-order valence-corrected chi connectivity index (χ2v) is 7.00. The first-order chi connectivity index (χ1) is 7.86. The summed E-state index contributed by atoms with van der Waals surface area (Å²) in [5.41, 5.74) is 0.0154. The van der Waals surface area contributed by atoms with Crippen LogP contribution in [-0.2, 0) is 10.0 Å². The molecular formula is C11H12BrNO3S. The molecule has 92 valence electrons. The van der Waals surface area contributed by atoms with Crippen LogP contribution in [0.25, 0.3) is 0 Å². The van der Waals surface area contributed by atoms with Crippen LogP contribution in [0, 0.1) is 0 Å². The average Bonchev–Trinajstić information content (AvgIpc) is 2.95. The Labute approximate surface area is 109 Å². The first-order valence-electron chi connectivity index (χ1n) is 5.15. The van der Waals surface area contributed by atoms with Gasteiger partial charge in [-0.05, 0) is 38.0 Å². The summed E-state index contributed by atoms with van der Waals surface area (Å²) in [5.74, 6) is 0. The molecule has 0 aliphatic heterocycles. The van der Waals surface area contributed by atoms with E-state index in [9.17, 15) is 13.2 Å². The van der Waals surface area contributed by atoms with E-state index >= 15 is 0 Å². The standard InChI is InChI=1S/C11H12BrNO3S/c1-11(4-5-11)13-17(15,16)9-2-3-10(12)8(6-9)7-14/h2-3,6-7,13H,4-5H2,1H3. The Kier molecular flexibility index (Phi) is 3.14. The van der Waals surface area contributed by atoms with Gasteiger partial charge >= 0.3 is 0 Å². The fourth-order valence-electron chi connectivity index (χ4n) is 1.45. The van der Waals surface area contributed by atoms with E-state index in [2.05, 4.69) is 20.7 Å². The van der Waals surface area contributed by atoms with Crippen molar-refractivity contribution in [2.24, 2.45) is 0 Å². The molecule has 1 fully saturated rings. The Morgan fingerprint density at radius 3 is 2.59 bits per heavy atom. The molecule has 0 aromatic heterocycles. The van der Waals surface area contributed by atoms with Gasteiger partial charge in [-0.25, -0.2) is 13.1 Å². The summed E-state index contributed by atoms with van der Waals surface area (Å²) in [6.45, 7) is 1.87. The van der Waals surface area contributed by atoms with Crippen LogP contribution >= 0.6 is 15.9 Å². The van der Waals surface area contributed by atoms with Crippen LogP contribution < -0.4 is 4.72 Å². The fourth-order valence-corrected chi connectivity index (χ4v) is 3.29. The number of nitrogens with one attached hydrogen (secondary N) is 1. The van der Waals surface area contributed by atoms with Gasteiger partial charge in [0.25, 0.3) is 0 Å². The van der Waals surface area contributed by atoms with E-state index in [4.69, 9.17) is 0 Å². The van der Waals surface area contributed by atoms with Crippen LogP contribution in [-0.4, -0.2) is 20.2 Å². The molecule has 4 nitrogen and oxygen atoms in total. The number of rotatable bonds is 4. The van der Waals surface area contributed by atoms with Gasteiger partial charge in [0.15, 0.2) is 6.29 Å². The van der Waals surface area contributed by atoms with Crippen LogP contribution in [0.5, 0.6) is 0 Å². The van der Waals surface area contributed by atoms with Gasteiger partial charge in [0.05, 0.1) is 4.90 Å². The molecule has 0 unspecified atom stereocenters. The van der Waals surface area contributed by atoms with Gasteiger partial charge < -0.3 is 0 Å². The number of carbonyl (C=O) groups is 1. The Bertz CT molecular complexity index is 564. The van der Waals surface area contributed by atoms with E-state index in [0.717, 1.165) is 12.8 Å². The lowest BCUT2D eigenvalue weighted by molar-refractivity contribution is 0.112. The third-order valence-corrected chi connectivity index (χ3v) is 5.14. The molecule has 1 aliphatic rings. The highest BCUT2D eigenvalue weighted by Crippen LogP contribution is 2.36. The number of benzene rings is 1. The second kappa shape index (κ2) is 4.19. The van der Waals surface area contributed by atoms with Crippen molar-refractivity contribution < 1.29 is 13.2 Å². The molecule has 0 atom stereocenters. The van der Waals surface area contributed by atoms with Gasteiger partial charge in [0.1, 0.15) is 0 Å². The third-order valence-electron chi connectivity index (χ3n) is 2.79. The van der Waals surface area contributed by atoms with Gasteiger partial charge in [0.2, 0.25) is 10.0 Å². The highest BCUT2D eigenvalue weighted by Gasteiger charge is 2.41. The van der Waals surface area contributed by atoms with Crippen molar-refractivity contribution in [1.29, 1.82) is 0 Å². The summed E-state index contributed by atoms with van der Waals surface area (Å²) in [7, 11) is -3.53. The zero-order valence-electron chi connectivity index (χ0n) is 9.23. The minimum absolute atomic E-state index is 0.121. The van der Waals surface area contributed by atoms with Crippen molar-refractivity contribution in [3.8, 4) is 0 Å². The van der Waals surface area contributed by atoms with Gasteiger partial charge in [-0.3, -0.25) is 4.79 Å². The Morgan fingerprint density at radius 1 is 1.41 bits per heavy atom. The first-order valence-corrected chi connectivity index (χ1v) is 7.43. The molecule has 0 amide bonds. The summed E-state index contributed by atoms with van der Waals surface area (Å²) in [6.07, 6.45) is 2.33. The number of sulfonamides is 1. The Hall–Kier alpha value is -0.720. The molecular weight excluding hydrogens is 306 g/mol. The first kappa shape index (κ1) is 12.7. The summed E-state index contributed by atoms with van der Waals surface area (Å²) in [6, 6.07) is 4.41. The zero-order chi connectivity index (χ0) is 12.7. The number of hydrogen-bond acceptors (Lipinski definition) is 3. The minimum Gasteiger partial charge on any atom is -0.298 e. The monoisotopic (exact) mass is 317 g/mol. The normalized spacial score (nSPS) is 17.8. The Balaban J connectivity index is 2.36. The maximum Gasteiger partial charge on any atom is 0.241 e. The van der Waals surface area contributed by atoms with E-state index in [1.807, 2.05) is 6.92 Å². The predicted molar refractivity (Wildman–Crippen MR) is 67.5 cm³/mol.